The third-order valence-corrected chi connectivity index (χ3v) is 4.37. The van der Waals surface area contributed by atoms with E-state index in [1.165, 1.54) is 6.92 Å². The Bertz CT molecular complexity index is 759. The molecule has 1 aliphatic heterocycles. The van der Waals surface area contributed by atoms with Crippen LogP contribution in [0.1, 0.15) is 46.0 Å². The molecule has 0 spiro atoms. The summed E-state index contributed by atoms with van der Waals surface area (Å²) in [6.45, 7) is 1.92. The zero-order chi connectivity index (χ0) is 18.6. The van der Waals surface area contributed by atoms with Crippen molar-refractivity contribution in [3.8, 4) is 0 Å². The maximum Gasteiger partial charge on any atom is 0.196 e. The summed E-state index contributed by atoms with van der Waals surface area (Å²) in [5, 5.41) is 10.5. The minimum Gasteiger partial charge on any atom is -0.380 e. The second kappa shape index (κ2) is 7.91. The molecular weight excluding hydrogens is 332 g/mol. The lowest BCUT2D eigenvalue weighted by Gasteiger charge is -2.23. The predicted molar refractivity (Wildman–Crippen MR) is 96.2 cm³/mol. The van der Waals surface area contributed by atoms with Gasteiger partial charge in [0.25, 0.3) is 0 Å². The fraction of sp³-hybridized carbons (Fsp3) is 0.333. The predicted octanol–water partition coefficient (Wildman–Crippen LogP) is 3.00. The lowest BCUT2D eigenvalue weighted by Crippen LogP contribution is -2.41. The van der Waals surface area contributed by atoms with Gasteiger partial charge in [0.2, 0.25) is 0 Å². The van der Waals surface area contributed by atoms with Gasteiger partial charge >= 0.3 is 0 Å². The number of carbonyl (C=O) groups excluding carboxylic acids is 2. The van der Waals surface area contributed by atoms with Crippen LogP contribution in [0.15, 0.2) is 54.6 Å². The molecular formula is C21H22O5. The lowest BCUT2D eigenvalue weighted by atomic mass is 9.94. The van der Waals surface area contributed by atoms with E-state index >= 15 is 0 Å². The zero-order valence-electron chi connectivity index (χ0n) is 14.7. The molecule has 2 atom stereocenters. The Morgan fingerprint density at radius 3 is 2.31 bits per heavy atom. The van der Waals surface area contributed by atoms with Gasteiger partial charge in [0.15, 0.2) is 17.9 Å². The Kier molecular flexibility index (Phi) is 5.61. The van der Waals surface area contributed by atoms with E-state index in [-0.39, 0.29) is 18.7 Å². The normalized spacial score (nSPS) is 19.1. The summed E-state index contributed by atoms with van der Waals surface area (Å²) < 4.78 is 10.8. The fourth-order valence-electron chi connectivity index (χ4n) is 2.84. The van der Waals surface area contributed by atoms with E-state index in [2.05, 4.69) is 0 Å². The van der Waals surface area contributed by atoms with Crippen molar-refractivity contribution in [2.75, 3.05) is 13.2 Å². The maximum absolute atomic E-state index is 12.6. The number of ether oxygens (including phenoxy) is 2. The molecule has 1 saturated heterocycles. The molecule has 2 aromatic carbocycles. The van der Waals surface area contributed by atoms with Crippen LogP contribution >= 0.6 is 0 Å². The Hall–Kier alpha value is -2.34. The summed E-state index contributed by atoms with van der Waals surface area (Å²) >= 11 is 0. The topological polar surface area (TPSA) is 72.8 Å². The number of Topliss-reactive ketones (excluding diaryl/α,β-unsaturated/α-hetero) is 1. The molecule has 0 amide bonds. The van der Waals surface area contributed by atoms with Crippen LogP contribution in [0.4, 0.5) is 0 Å². The Morgan fingerprint density at radius 2 is 1.69 bits per heavy atom. The summed E-state index contributed by atoms with van der Waals surface area (Å²) in [7, 11) is 0. The maximum atomic E-state index is 12.6. The lowest BCUT2D eigenvalue weighted by molar-refractivity contribution is -0.140. The highest BCUT2D eigenvalue weighted by Gasteiger charge is 2.33. The van der Waals surface area contributed by atoms with Crippen molar-refractivity contribution in [3.05, 3.63) is 71.3 Å². The first-order chi connectivity index (χ1) is 12.5. The SMILES string of the molecule is CC(O)(COC1CCCO1)C(=O)c1ccc(C(=O)c2ccccc2)cc1. The largest absolute Gasteiger partial charge is 0.380 e. The molecule has 1 aliphatic rings. The molecule has 1 heterocycles. The summed E-state index contributed by atoms with van der Waals surface area (Å²) in [6.07, 6.45) is 1.32. The summed E-state index contributed by atoms with van der Waals surface area (Å²) in [6, 6.07) is 15.2. The van der Waals surface area contributed by atoms with Crippen molar-refractivity contribution >= 4 is 11.6 Å². The van der Waals surface area contributed by atoms with Crippen molar-refractivity contribution in [3.63, 3.8) is 0 Å². The Morgan fingerprint density at radius 1 is 1.08 bits per heavy atom. The molecule has 1 fully saturated rings. The average molecular weight is 354 g/mol. The number of ketones is 2. The fourth-order valence-corrected chi connectivity index (χ4v) is 2.84. The third kappa shape index (κ3) is 4.25. The first kappa shape index (κ1) is 18.5. The summed E-state index contributed by atoms with van der Waals surface area (Å²) in [5.41, 5.74) is -0.251. The van der Waals surface area contributed by atoms with E-state index in [1.807, 2.05) is 6.07 Å². The Labute approximate surface area is 152 Å². The number of hydrogen-bond acceptors (Lipinski definition) is 5. The number of carbonyl (C=O) groups is 2. The second-order valence-corrected chi connectivity index (χ2v) is 6.63. The van der Waals surface area contributed by atoms with Crippen molar-refractivity contribution in [1.29, 1.82) is 0 Å². The van der Waals surface area contributed by atoms with E-state index < -0.39 is 11.4 Å². The molecule has 0 aliphatic carbocycles. The van der Waals surface area contributed by atoms with Crippen LogP contribution in [-0.2, 0) is 9.47 Å². The van der Waals surface area contributed by atoms with Crippen LogP contribution in [0.2, 0.25) is 0 Å². The highest BCUT2D eigenvalue weighted by atomic mass is 16.7. The quantitative estimate of drug-likeness (QED) is 0.774. The smallest absolute Gasteiger partial charge is 0.196 e. The molecule has 2 unspecified atom stereocenters. The minimum atomic E-state index is -1.66. The Balaban J connectivity index is 1.66. The number of aliphatic hydroxyl groups is 1. The average Bonchev–Trinajstić information content (AvgIpc) is 3.20. The first-order valence-corrected chi connectivity index (χ1v) is 8.67. The van der Waals surface area contributed by atoms with Gasteiger partial charge in [0.1, 0.15) is 5.60 Å². The molecule has 5 nitrogen and oxygen atoms in total. The molecule has 0 radical (unpaired) electrons. The molecule has 0 aromatic heterocycles. The number of benzene rings is 2. The van der Waals surface area contributed by atoms with E-state index in [1.54, 1.807) is 48.5 Å². The van der Waals surface area contributed by atoms with E-state index in [0.29, 0.717) is 23.3 Å². The third-order valence-electron chi connectivity index (χ3n) is 4.37. The van der Waals surface area contributed by atoms with Gasteiger partial charge in [0, 0.05) is 29.7 Å². The minimum absolute atomic E-state index is 0.113. The molecule has 1 N–H and O–H groups in total. The number of hydrogen-bond donors (Lipinski definition) is 1. The van der Waals surface area contributed by atoms with Crippen LogP contribution < -0.4 is 0 Å². The van der Waals surface area contributed by atoms with Gasteiger partial charge in [-0.1, -0.05) is 54.6 Å². The van der Waals surface area contributed by atoms with Gasteiger partial charge in [-0.15, -0.1) is 0 Å². The van der Waals surface area contributed by atoms with Gasteiger partial charge < -0.3 is 14.6 Å². The van der Waals surface area contributed by atoms with Crippen molar-refractivity contribution in [2.45, 2.75) is 31.7 Å². The molecule has 2 aromatic rings. The zero-order valence-corrected chi connectivity index (χ0v) is 14.7. The molecule has 5 heteroatoms. The van der Waals surface area contributed by atoms with E-state index in [0.717, 1.165) is 12.8 Å². The first-order valence-electron chi connectivity index (χ1n) is 8.67. The van der Waals surface area contributed by atoms with Crippen molar-refractivity contribution in [2.24, 2.45) is 0 Å². The van der Waals surface area contributed by atoms with Crippen molar-refractivity contribution in [1.82, 2.24) is 0 Å². The van der Waals surface area contributed by atoms with E-state index in [9.17, 15) is 14.7 Å². The summed E-state index contributed by atoms with van der Waals surface area (Å²) in [5.74, 6) is -0.563. The molecule has 3 rings (SSSR count). The van der Waals surface area contributed by atoms with Crippen LogP contribution in [0.3, 0.4) is 0 Å². The molecule has 136 valence electrons. The van der Waals surface area contributed by atoms with Gasteiger partial charge in [0.05, 0.1) is 6.61 Å². The van der Waals surface area contributed by atoms with Gasteiger partial charge in [-0.2, -0.15) is 0 Å². The highest BCUT2D eigenvalue weighted by molar-refractivity contribution is 6.09. The number of rotatable bonds is 7. The van der Waals surface area contributed by atoms with Crippen LogP contribution in [0.5, 0.6) is 0 Å². The monoisotopic (exact) mass is 354 g/mol. The standard InChI is InChI=1S/C21H22O5/c1-21(24,14-26-18-8-5-13-25-18)20(23)17-11-9-16(10-12-17)19(22)15-6-3-2-4-7-15/h2-4,6-7,9-12,18,24H,5,8,13-14H2,1H3. The van der Waals surface area contributed by atoms with Gasteiger partial charge in [-0.25, -0.2) is 0 Å². The van der Waals surface area contributed by atoms with E-state index in [4.69, 9.17) is 9.47 Å². The van der Waals surface area contributed by atoms with Crippen molar-refractivity contribution < 1.29 is 24.2 Å². The molecule has 0 bridgehead atoms. The van der Waals surface area contributed by atoms with Crippen LogP contribution in [-0.4, -0.2) is 41.8 Å². The summed E-state index contributed by atoms with van der Waals surface area (Å²) in [4.78, 5) is 25.0. The molecule has 26 heavy (non-hydrogen) atoms. The van der Waals surface area contributed by atoms with Crippen LogP contribution in [0, 0.1) is 0 Å². The second-order valence-electron chi connectivity index (χ2n) is 6.63. The van der Waals surface area contributed by atoms with Gasteiger partial charge in [-0.05, 0) is 13.3 Å². The highest BCUT2D eigenvalue weighted by Crippen LogP contribution is 2.20. The van der Waals surface area contributed by atoms with Gasteiger partial charge in [-0.3, -0.25) is 9.59 Å². The van der Waals surface area contributed by atoms with Crippen LogP contribution in [0.25, 0.3) is 0 Å². The molecule has 0 saturated carbocycles.